The topological polar surface area (TPSA) is 59.1 Å². The minimum absolute atomic E-state index is 0.0416. The molecular formula is C17H22N2O4. The number of fused-ring (bicyclic) bond motifs is 1. The van der Waals surface area contributed by atoms with E-state index >= 15 is 0 Å². The van der Waals surface area contributed by atoms with Gasteiger partial charge < -0.3 is 14.4 Å². The van der Waals surface area contributed by atoms with Crippen LogP contribution in [-0.4, -0.2) is 55.2 Å². The van der Waals surface area contributed by atoms with Gasteiger partial charge in [-0.15, -0.1) is 0 Å². The highest BCUT2D eigenvalue weighted by molar-refractivity contribution is 6.03. The van der Waals surface area contributed by atoms with Crippen LogP contribution >= 0.6 is 0 Å². The van der Waals surface area contributed by atoms with Crippen molar-refractivity contribution in [1.82, 2.24) is 4.90 Å². The summed E-state index contributed by atoms with van der Waals surface area (Å²) < 4.78 is 11.2. The predicted octanol–water partition coefficient (Wildman–Crippen LogP) is 1.44. The molecule has 2 amide bonds. The maximum Gasteiger partial charge on any atom is 0.268 e. The monoisotopic (exact) mass is 318 g/mol. The van der Waals surface area contributed by atoms with Gasteiger partial charge in [-0.1, -0.05) is 19.1 Å². The molecule has 6 heteroatoms. The van der Waals surface area contributed by atoms with Gasteiger partial charge in [0.25, 0.3) is 5.91 Å². The average molecular weight is 318 g/mol. The highest BCUT2D eigenvalue weighted by Gasteiger charge is 2.34. The van der Waals surface area contributed by atoms with E-state index in [9.17, 15) is 9.59 Å². The summed E-state index contributed by atoms with van der Waals surface area (Å²) in [5.74, 6) is 0.405. The Kier molecular flexibility index (Phi) is 4.52. The fourth-order valence-electron chi connectivity index (χ4n) is 2.95. The molecule has 23 heavy (non-hydrogen) atoms. The van der Waals surface area contributed by atoms with Crippen molar-refractivity contribution in [3.05, 3.63) is 24.3 Å². The van der Waals surface area contributed by atoms with Crippen molar-refractivity contribution in [2.24, 2.45) is 0 Å². The fraction of sp³-hybridized carbons (Fsp3) is 0.529. The zero-order valence-corrected chi connectivity index (χ0v) is 13.5. The van der Waals surface area contributed by atoms with E-state index in [1.165, 1.54) is 4.90 Å². The Morgan fingerprint density at radius 3 is 2.91 bits per heavy atom. The highest BCUT2D eigenvalue weighted by Crippen LogP contribution is 2.33. The Bertz CT molecular complexity index is 604. The van der Waals surface area contributed by atoms with Gasteiger partial charge in [0.2, 0.25) is 5.91 Å². The number of nitrogens with zero attached hydrogens (tertiary/aromatic N) is 2. The van der Waals surface area contributed by atoms with Crippen LogP contribution in [0.2, 0.25) is 0 Å². The smallest absolute Gasteiger partial charge is 0.268 e. The van der Waals surface area contributed by atoms with E-state index in [0.29, 0.717) is 31.1 Å². The summed E-state index contributed by atoms with van der Waals surface area (Å²) in [6.07, 6.45) is 0.380. The standard InChI is InChI=1S/C17H22N2O4/c1-3-13-10-18(8-9-22-13)16(20)11-19-14-6-4-5-7-15(14)23-12(2)17(19)21/h4-7,12-13H,3,8-11H2,1-2H3/t12-,13-/m1/s1. The van der Waals surface area contributed by atoms with Crippen LogP contribution < -0.4 is 9.64 Å². The van der Waals surface area contributed by atoms with Crippen molar-refractivity contribution < 1.29 is 19.1 Å². The maximum atomic E-state index is 12.6. The zero-order chi connectivity index (χ0) is 16.4. The van der Waals surface area contributed by atoms with Gasteiger partial charge in [-0.3, -0.25) is 14.5 Å². The first-order chi connectivity index (χ1) is 11.1. The van der Waals surface area contributed by atoms with Gasteiger partial charge in [0.15, 0.2) is 6.10 Å². The number of carbonyl (C=O) groups excluding carboxylic acids is 2. The van der Waals surface area contributed by atoms with Gasteiger partial charge in [0.1, 0.15) is 12.3 Å². The molecule has 3 rings (SSSR count). The van der Waals surface area contributed by atoms with E-state index < -0.39 is 6.10 Å². The van der Waals surface area contributed by atoms with Crippen molar-refractivity contribution >= 4 is 17.5 Å². The van der Waals surface area contributed by atoms with Crippen LogP contribution in [0.3, 0.4) is 0 Å². The quantitative estimate of drug-likeness (QED) is 0.846. The molecule has 1 saturated heterocycles. The van der Waals surface area contributed by atoms with E-state index in [0.717, 1.165) is 6.42 Å². The van der Waals surface area contributed by atoms with Crippen molar-refractivity contribution in [3.63, 3.8) is 0 Å². The Balaban J connectivity index is 1.76. The van der Waals surface area contributed by atoms with Crippen molar-refractivity contribution in [3.8, 4) is 5.75 Å². The molecule has 2 aliphatic rings. The molecule has 1 aromatic rings. The molecule has 1 fully saturated rings. The van der Waals surface area contributed by atoms with E-state index in [2.05, 4.69) is 0 Å². The molecule has 0 N–H and O–H groups in total. The number of morpholine rings is 1. The minimum Gasteiger partial charge on any atom is -0.479 e. The number of benzene rings is 1. The molecule has 0 bridgehead atoms. The van der Waals surface area contributed by atoms with Crippen LogP contribution in [0.15, 0.2) is 24.3 Å². The third-order valence-corrected chi connectivity index (χ3v) is 4.31. The first kappa shape index (κ1) is 15.8. The van der Waals surface area contributed by atoms with Gasteiger partial charge in [0.05, 0.1) is 18.4 Å². The van der Waals surface area contributed by atoms with Crippen LogP contribution in [0.4, 0.5) is 5.69 Å². The summed E-state index contributed by atoms with van der Waals surface area (Å²) in [7, 11) is 0. The lowest BCUT2D eigenvalue weighted by Gasteiger charge is -2.36. The second kappa shape index (κ2) is 6.58. The summed E-state index contributed by atoms with van der Waals surface area (Å²) in [5, 5.41) is 0. The number of para-hydroxylation sites is 2. The normalized spacial score (nSPS) is 24.2. The molecule has 0 spiro atoms. The third-order valence-electron chi connectivity index (χ3n) is 4.31. The lowest BCUT2D eigenvalue weighted by molar-refractivity contribution is -0.139. The number of carbonyl (C=O) groups is 2. The number of rotatable bonds is 3. The summed E-state index contributed by atoms with van der Waals surface area (Å²) in [6, 6.07) is 7.32. The molecule has 0 unspecified atom stereocenters. The minimum atomic E-state index is -0.578. The highest BCUT2D eigenvalue weighted by atomic mass is 16.5. The van der Waals surface area contributed by atoms with Crippen LogP contribution in [-0.2, 0) is 14.3 Å². The van der Waals surface area contributed by atoms with Gasteiger partial charge in [-0.05, 0) is 25.5 Å². The number of ether oxygens (including phenoxy) is 2. The third kappa shape index (κ3) is 3.17. The number of hydrogen-bond donors (Lipinski definition) is 0. The van der Waals surface area contributed by atoms with Crippen molar-refractivity contribution in [2.75, 3.05) is 31.1 Å². The van der Waals surface area contributed by atoms with E-state index in [1.54, 1.807) is 17.9 Å². The van der Waals surface area contributed by atoms with Crippen molar-refractivity contribution in [1.29, 1.82) is 0 Å². The molecule has 2 atom stereocenters. The first-order valence-corrected chi connectivity index (χ1v) is 8.06. The van der Waals surface area contributed by atoms with Gasteiger partial charge in [-0.25, -0.2) is 0 Å². The van der Waals surface area contributed by atoms with E-state index in [1.807, 2.05) is 25.1 Å². The average Bonchev–Trinajstić information content (AvgIpc) is 2.58. The zero-order valence-electron chi connectivity index (χ0n) is 13.5. The Morgan fingerprint density at radius 2 is 2.13 bits per heavy atom. The number of amides is 2. The van der Waals surface area contributed by atoms with Crippen LogP contribution in [0, 0.1) is 0 Å². The largest absolute Gasteiger partial charge is 0.479 e. The Morgan fingerprint density at radius 1 is 1.35 bits per heavy atom. The fourth-order valence-corrected chi connectivity index (χ4v) is 2.95. The van der Waals surface area contributed by atoms with E-state index in [-0.39, 0.29) is 24.5 Å². The molecule has 2 aliphatic heterocycles. The second-order valence-electron chi connectivity index (χ2n) is 5.89. The Hall–Kier alpha value is -2.08. The summed E-state index contributed by atoms with van der Waals surface area (Å²) in [4.78, 5) is 28.4. The molecule has 0 radical (unpaired) electrons. The molecule has 0 saturated carbocycles. The molecule has 0 aromatic heterocycles. The summed E-state index contributed by atoms with van der Waals surface area (Å²) in [6.45, 7) is 5.50. The molecule has 124 valence electrons. The second-order valence-corrected chi connectivity index (χ2v) is 5.89. The molecule has 2 heterocycles. The molecule has 0 aliphatic carbocycles. The van der Waals surface area contributed by atoms with Crippen molar-refractivity contribution in [2.45, 2.75) is 32.5 Å². The van der Waals surface area contributed by atoms with Gasteiger partial charge in [-0.2, -0.15) is 0 Å². The number of anilines is 1. The van der Waals surface area contributed by atoms with Gasteiger partial charge in [0, 0.05) is 13.1 Å². The van der Waals surface area contributed by atoms with Gasteiger partial charge >= 0.3 is 0 Å². The van der Waals surface area contributed by atoms with Crippen LogP contribution in [0.1, 0.15) is 20.3 Å². The predicted molar refractivity (Wildman–Crippen MR) is 85.5 cm³/mol. The molecule has 1 aromatic carbocycles. The lowest BCUT2D eigenvalue weighted by atomic mass is 10.1. The SMILES string of the molecule is CC[C@@H]1CN(C(=O)CN2C(=O)[C@@H](C)Oc3ccccc32)CCO1. The molecule has 6 nitrogen and oxygen atoms in total. The molecular weight excluding hydrogens is 296 g/mol. The summed E-state index contributed by atoms with van der Waals surface area (Å²) in [5.41, 5.74) is 0.657. The number of hydrogen-bond acceptors (Lipinski definition) is 4. The lowest BCUT2D eigenvalue weighted by Crippen LogP contribution is -2.52. The van der Waals surface area contributed by atoms with Crippen LogP contribution in [0.5, 0.6) is 5.75 Å². The van der Waals surface area contributed by atoms with Crippen LogP contribution in [0.25, 0.3) is 0 Å². The maximum absolute atomic E-state index is 12.6. The van der Waals surface area contributed by atoms with E-state index in [4.69, 9.17) is 9.47 Å². The first-order valence-electron chi connectivity index (χ1n) is 8.06. The summed E-state index contributed by atoms with van der Waals surface area (Å²) >= 11 is 0. The Labute approximate surface area is 136 Å².